The van der Waals surface area contributed by atoms with Crippen LogP contribution in [0.5, 0.6) is 0 Å². The molecule has 3 heterocycles. The largest absolute Gasteiger partial charge is 0.347 e. The number of benzene rings is 2. The third kappa shape index (κ3) is 4.00. The summed E-state index contributed by atoms with van der Waals surface area (Å²) in [7, 11) is 0. The van der Waals surface area contributed by atoms with E-state index in [1.165, 1.54) is 12.1 Å². The molecule has 5 rings (SSSR count). The minimum atomic E-state index is -0.346. The summed E-state index contributed by atoms with van der Waals surface area (Å²) >= 11 is 1.55. The number of hydrogen-bond donors (Lipinski definition) is 1. The van der Waals surface area contributed by atoms with Crippen molar-refractivity contribution in [3.63, 3.8) is 0 Å². The second-order valence-corrected chi connectivity index (χ2v) is 8.20. The Morgan fingerprint density at radius 1 is 1.09 bits per heavy atom. The Labute approximate surface area is 187 Å². The maximum atomic E-state index is 13.4. The number of hydrogen-bond acceptors (Lipinski definition) is 5. The van der Waals surface area contributed by atoms with E-state index in [4.69, 9.17) is 0 Å². The monoisotopic (exact) mass is 443 g/mol. The molecule has 0 radical (unpaired) electrons. The highest BCUT2D eigenvalue weighted by Gasteiger charge is 2.18. The van der Waals surface area contributed by atoms with Crippen LogP contribution in [0.1, 0.15) is 21.7 Å². The Morgan fingerprint density at radius 2 is 1.97 bits per heavy atom. The van der Waals surface area contributed by atoms with E-state index in [-0.39, 0.29) is 24.0 Å². The Bertz CT molecular complexity index is 1440. The van der Waals surface area contributed by atoms with Gasteiger partial charge >= 0.3 is 0 Å². The van der Waals surface area contributed by atoms with E-state index in [1.807, 2.05) is 43.3 Å². The van der Waals surface area contributed by atoms with Crippen LogP contribution in [0.3, 0.4) is 0 Å². The quantitative estimate of drug-likeness (QED) is 0.418. The smallest absolute Gasteiger partial charge is 0.272 e. The molecule has 8 heteroatoms. The van der Waals surface area contributed by atoms with E-state index in [0.717, 1.165) is 27.2 Å². The van der Waals surface area contributed by atoms with Crippen molar-refractivity contribution < 1.29 is 9.18 Å². The second kappa shape index (κ2) is 8.32. The Kier molecular flexibility index (Phi) is 5.20. The van der Waals surface area contributed by atoms with E-state index < -0.39 is 0 Å². The lowest BCUT2D eigenvalue weighted by Gasteiger charge is -2.07. The SMILES string of the molecule is Cc1cccc(-n2nc(C(=O)NCc3cccc(F)c3)cc2-c2ccc3ncsc3c2)n1. The second-order valence-electron chi connectivity index (χ2n) is 7.31. The van der Waals surface area contributed by atoms with Gasteiger partial charge in [-0.15, -0.1) is 11.3 Å². The number of nitrogens with one attached hydrogen (secondary N) is 1. The van der Waals surface area contributed by atoms with Crippen molar-refractivity contribution in [2.24, 2.45) is 0 Å². The maximum absolute atomic E-state index is 13.4. The molecular weight excluding hydrogens is 425 g/mol. The summed E-state index contributed by atoms with van der Waals surface area (Å²) in [5, 5.41) is 7.36. The number of nitrogens with zero attached hydrogens (tertiary/aromatic N) is 4. The van der Waals surface area contributed by atoms with Gasteiger partial charge in [-0.25, -0.2) is 19.0 Å². The predicted molar refractivity (Wildman–Crippen MR) is 122 cm³/mol. The van der Waals surface area contributed by atoms with Crippen molar-refractivity contribution >= 4 is 27.5 Å². The molecule has 0 spiro atoms. The van der Waals surface area contributed by atoms with Gasteiger partial charge in [-0.1, -0.05) is 24.3 Å². The van der Waals surface area contributed by atoms with Gasteiger partial charge in [-0.3, -0.25) is 4.79 Å². The Balaban J connectivity index is 1.52. The van der Waals surface area contributed by atoms with Crippen LogP contribution >= 0.6 is 11.3 Å². The number of amides is 1. The van der Waals surface area contributed by atoms with Crippen LogP contribution in [-0.2, 0) is 6.54 Å². The fraction of sp³-hybridized carbons (Fsp3) is 0.0833. The molecule has 1 N–H and O–H groups in total. The molecule has 6 nitrogen and oxygen atoms in total. The summed E-state index contributed by atoms with van der Waals surface area (Å²) in [5.74, 6) is -0.0679. The zero-order valence-corrected chi connectivity index (χ0v) is 17.9. The van der Waals surface area contributed by atoms with Gasteiger partial charge < -0.3 is 5.32 Å². The first-order valence-electron chi connectivity index (χ1n) is 9.97. The number of rotatable bonds is 5. The fourth-order valence-corrected chi connectivity index (χ4v) is 4.17. The fourth-order valence-electron chi connectivity index (χ4n) is 3.45. The van der Waals surface area contributed by atoms with E-state index in [0.29, 0.717) is 11.4 Å². The zero-order valence-electron chi connectivity index (χ0n) is 17.1. The van der Waals surface area contributed by atoms with Crippen molar-refractivity contribution in [2.45, 2.75) is 13.5 Å². The van der Waals surface area contributed by atoms with Crippen molar-refractivity contribution in [1.82, 2.24) is 25.1 Å². The predicted octanol–water partition coefficient (Wildman–Crippen LogP) is 4.92. The van der Waals surface area contributed by atoms with Gasteiger partial charge in [-0.2, -0.15) is 5.10 Å². The lowest BCUT2D eigenvalue weighted by Crippen LogP contribution is -2.23. The third-order valence-electron chi connectivity index (χ3n) is 5.00. The highest BCUT2D eigenvalue weighted by molar-refractivity contribution is 7.16. The number of carbonyl (C=O) groups is 1. The summed E-state index contributed by atoms with van der Waals surface area (Å²) < 4.78 is 16.1. The summed E-state index contributed by atoms with van der Waals surface area (Å²) in [6.07, 6.45) is 0. The lowest BCUT2D eigenvalue weighted by atomic mass is 10.1. The molecule has 158 valence electrons. The molecule has 0 saturated carbocycles. The topological polar surface area (TPSA) is 72.7 Å². The standard InChI is InChI=1S/C24H18FN5OS/c1-15-4-2-7-23(28-15)30-21(17-8-9-19-22(11-17)32-14-27-19)12-20(29-30)24(31)26-13-16-5-3-6-18(25)10-16/h2-12,14H,13H2,1H3,(H,26,31). The highest BCUT2D eigenvalue weighted by atomic mass is 32.1. The molecule has 0 saturated heterocycles. The van der Waals surface area contributed by atoms with Crippen molar-refractivity contribution in [2.75, 3.05) is 0 Å². The zero-order chi connectivity index (χ0) is 22.1. The number of aromatic nitrogens is 4. The van der Waals surface area contributed by atoms with E-state index >= 15 is 0 Å². The molecule has 5 aromatic rings. The van der Waals surface area contributed by atoms with Gasteiger partial charge in [0.25, 0.3) is 5.91 Å². The normalized spacial score (nSPS) is 11.1. The van der Waals surface area contributed by atoms with E-state index in [2.05, 4.69) is 20.4 Å². The van der Waals surface area contributed by atoms with Crippen LogP contribution in [0.4, 0.5) is 4.39 Å². The highest BCUT2D eigenvalue weighted by Crippen LogP contribution is 2.28. The van der Waals surface area contributed by atoms with Gasteiger partial charge in [0.15, 0.2) is 11.5 Å². The minimum absolute atomic E-state index is 0.203. The van der Waals surface area contributed by atoms with E-state index in [1.54, 1.807) is 39.7 Å². The maximum Gasteiger partial charge on any atom is 0.272 e. The summed E-state index contributed by atoms with van der Waals surface area (Å²) in [6, 6.07) is 19.5. The number of pyridine rings is 1. The first-order valence-corrected chi connectivity index (χ1v) is 10.9. The van der Waals surface area contributed by atoms with Crippen LogP contribution in [0.2, 0.25) is 0 Å². The molecule has 1 amide bonds. The molecule has 2 aromatic carbocycles. The van der Waals surface area contributed by atoms with Crippen molar-refractivity contribution in [3.05, 3.63) is 95.0 Å². The molecule has 0 aliphatic heterocycles. The molecular formula is C24H18FN5OS. The van der Waals surface area contributed by atoms with Gasteiger partial charge in [0.1, 0.15) is 5.82 Å². The van der Waals surface area contributed by atoms with Crippen molar-refractivity contribution in [3.8, 4) is 17.1 Å². The molecule has 0 aliphatic rings. The summed E-state index contributed by atoms with van der Waals surface area (Å²) in [6.45, 7) is 2.11. The molecule has 3 aromatic heterocycles. The van der Waals surface area contributed by atoms with Crippen molar-refractivity contribution in [1.29, 1.82) is 0 Å². The first kappa shape index (κ1) is 20.0. The molecule has 0 bridgehead atoms. The molecule has 0 unspecified atom stereocenters. The van der Waals surface area contributed by atoms with Crippen LogP contribution < -0.4 is 5.32 Å². The minimum Gasteiger partial charge on any atom is -0.347 e. The van der Waals surface area contributed by atoms with Crippen LogP contribution in [0.15, 0.2) is 72.2 Å². The molecule has 32 heavy (non-hydrogen) atoms. The van der Waals surface area contributed by atoms with Gasteiger partial charge in [-0.05, 0) is 55.0 Å². The summed E-state index contributed by atoms with van der Waals surface area (Å²) in [5.41, 5.74) is 6.15. The summed E-state index contributed by atoms with van der Waals surface area (Å²) in [4.78, 5) is 21.8. The number of thiazole rings is 1. The number of fused-ring (bicyclic) bond motifs is 1. The number of halogens is 1. The van der Waals surface area contributed by atoms with Crippen LogP contribution in [0, 0.1) is 12.7 Å². The average molecular weight is 444 g/mol. The lowest BCUT2D eigenvalue weighted by molar-refractivity contribution is 0.0945. The first-order chi connectivity index (χ1) is 15.6. The average Bonchev–Trinajstić information content (AvgIpc) is 3.44. The van der Waals surface area contributed by atoms with Gasteiger partial charge in [0, 0.05) is 17.8 Å². The van der Waals surface area contributed by atoms with Crippen LogP contribution in [-0.4, -0.2) is 25.7 Å². The van der Waals surface area contributed by atoms with Gasteiger partial charge in [0.05, 0.1) is 21.4 Å². The number of aryl methyl sites for hydroxylation is 1. The Morgan fingerprint density at radius 3 is 2.81 bits per heavy atom. The van der Waals surface area contributed by atoms with Gasteiger partial charge in [0.2, 0.25) is 0 Å². The molecule has 0 aliphatic carbocycles. The third-order valence-corrected chi connectivity index (χ3v) is 5.79. The molecule has 0 fully saturated rings. The van der Waals surface area contributed by atoms with E-state index in [9.17, 15) is 9.18 Å². The Hall–Kier alpha value is -3.91. The molecule has 0 atom stereocenters. The van der Waals surface area contributed by atoms with Crippen LogP contribution in [0.25, 0.3) is 27.3 Å². The number of carbonyl (C=O) groups excluding carboxylic acids is 1.